The molecule has 1 aliphatic rings. The van der Waals surface area contributed by atoms with E-state index in [9.17, 15) is 0 Å². The van der Waals surface area contributed by atoms with Gasteiger partial charge in [0.05, 0.1) is 6.61 Å². The van der Waals surface area contributed by atoms with Crippen LogP contribution in [0.1, 0.15) is 44.6 Å². The average Bonchev–Trinajstić information content (AvgIpc) is 2.61. The van der Waals surface area contributed by atoms with Crippen LogP contribution in [0.2, 0.25) is 5.02 Å². The van der Waals surface area contributed by atoms with Gasteiger partial charge in [0.25, 0.3) is 0 Å². The molecule has 0 aromatic heterocycles. The number of piperidine rings is 1. The van der Waals surface area contributed by atoms with Crippen molar-refractivity contribution in [3.8, 4) is 5.75 Å². The van der Waals surface area contributed by atoms with E-state index in [1.54, 1.807) is 0 Å². The van der Waals surface area contributed by atoms with Gasteiger partial charge in [-0.05, 0) is 62.9 Å². The maximum atomic E-state index is 9.10. The van der Waals surface area contributed by atoms with Crippen molar-refractivity contribution >= 4 is 23.5 Å². The lowest BCUT2D eigenvalue weighted by molar-refractivity contribution is -0.159. The number of carboxylic acids is 2. The van der Waals surface area contributed by atoms with Crippen molar-refractivity contribution in [2.75, 3.05) is 19.7 Å². The van der Waals surface area contributed by atoms with Gasteiger partial charge in [-0.25, -0.2) is 9.59 Å². The first-order chi connectivity index (χ1) is 12.3. The molecule has 6 nitrogen and oxygen atoms in total. The zero-order valence-electron chi connectivity index (χ0n) is 15.4. The van der Waals surface area contributed by atoms with Crippen LogP contribution in [0.4, 0.5) is 0 Å². The van der Waals surface area contributed by atoms with Gasteiger partial charge in [0, 0.05) is 17.6 Å². The van der Waals surface area contributed by atoms with E-state index < -0.39 is 11.9 Å². The monoisotopic (exact) mass is 385 g/mol. The zero-order chi connectivity index (χ0) is 19.5. The Balaban J connectivity index is 0.000000487. The second kappa shape index (κ2) is 11.8. The van der Waals surface area contributed by atoms with Crippen molar-refractivity contribution in [1.82, 2.24) is 4.90 Å². The molecule has 1 aromatic carbocycles. The van der Waals surface area contributed by atoms with Crippen LogP contribution in [0.25, 0.3) is 0 Å². The van der Waals surface area contributed by atoms with Crippen LogP contribution in [-0.2, 0) is 9.59 Å². The van der Waals surface area contributed by atoms with Crippen LogP contribution >= 0.6 is 11.6 Å². The largest absolute Gasteiger partial charge is 0.493 e. The third kappa shape index (κ3) is 8.06. The minimum atomic E-state index is -1.82. The summed E-state index contributed by atoms with van der Waals surface area (Å²) >= 11 is 5.95. The molecule has 2 N–H and O–H groups in total. The quantitative estimate of drug-likeness (QED) is 0.571. The number of hydrogen-bond acceptors (Lipinski definition) is 4. The molecule has 0 bridgehead atoms. The fourth-order valence-corrected chi connectivity index (χ4v) is 3.27. The summed E-state index contributed by atoms with van der Waals surface area (Å²) in [6, 6.07) is 6.60. The van der Waals surface area contributed by atoms with Crippen molar-refractivity contribution in [1.29, 1.82) is 0 Å². The molecule has 0 radical (unpaired) electrons. The number of benzene rings is 1. The summed E-state index contributed by atoms with van der Waals surface area (Å²) < 4.78 is 5.87. The van der Waals surface area contributed by atoms with Gasteiger partial charge in [0.2, 0.25) is 0 Å². The van der Waals surface area contributed by atoms with Gasteiger partial charge in [-0.2, -0.15) is 0 Å². The second-order valence-electron chi connectivity index (χ2n) is 6.32. The number of rotatable bonds is 6. The van der Waals surface area contributed by atoms with Crippen molar-refractivity contribution < 1.29 is 24.5 Å². The molecule has 1 fully saturated rings. The van der Waals surface area contributed by atoms with Crippen LogP contribution in [0, 0.1) is 6.92 Å². The van der Waals surface area contributed by atoms with E-state index in [4.69, 9.17) is 36.1 Å². The van der Waals surface area contributed by atoms with Crippen LogP contribution < -0.4 is 4.74 Å². The molecule has 0 spiro atoms. The van der Waals surface area contributed by atoms with Crippen LogP contribution in [0.15, 0.2) is 18.2 Å². The van der Waals surface area contributed by atoms with Crippen molar-refractivity contribution in [3.63, 3.8) is 0 Å². The van der Waals surface area contributed by atoms with Gasteiger partial charge in [-0.15, -0.1) is 0 Å². The smallest absolute Gasteiger partial charge is 0.414 e. The van der Waals surface area contributed by atoms with E-state index in [0.717, 1.165) is 41.9 Å². The molecule has 0 saturated carbocycles. The third-order valence-corrected chi connectivity index (χ3v) is 4.62. The summed E-state index contributed by atoms with van der Waals surface area (Å²) in [5.41, 5.74) is 1.11. The topological polar surface area (TPSA) is 87.1 Å². The molecule has 1 unspecified atom stereocenters. The fourth-order valence-electron chi connectivity index (χ4n) is 3.04. The highest BCUT2D eigenvalue weighted by Gasteiger charge is 2.19. The Morgan fingerprint density at radius 3 is 2.54 bits per heavy atom. The van der Waals surface area contributed by atoms with Gasteiger partial charge < -0.3 is 19.8 Å². The number of aliphatic carboxylic acids is 2. The third-order valence-electron chi connectivity index (χ3n) is 4.39. The molecule has 26 heavy (non-hydrogen) atoms. The second-order valence-corrected chi connectivity index (χ2v) is 6.75. The standard InChI is InChI=1S/C17H26ClNO.C2H2O4/c1-3-16-7-4-5-10-19(16)11-6-12-20-17-9-8-15(18)13-14(17)2;3-1(4)2(5)6/h8-9,13,16H,3-7,10-12H2,1-2H3;(H,3,4)(H,5,6). The zero-order valence-corrected chi connectivity index (χ0v) is 16.2. The van der Waals surface area contributed by atoms with E-state index in [2.05, 4.69) is 11.8 Å². The average molecular weight is 386 g/mol. The Morgan fingerprint density at radius 1 is 1.27 bits per heavy atom. The van der Waals surface area contributed by atoms with Gasteiger partial charge in [-0.3, -0.25) is 0 Å². The van der Waals surface area contributed by atoms with Crippen molar-refractivity contribution in [2.45, 2.75) is 52.0 Å². The molecule has 0 amide bonds. The minimum Gasteiger partial charge on any atom is -0.493 e. The van der Waals surface area contributed by atoms with E-state index in [0.29, 0.717) is 0 Å². The summed E-state index contributed by atoms with van der Waals surface area (Å²) in [5, 5.41) is 15.6. The molecule has 1 atom stereocenters. The lowest BCUT2D eigenvalue weighted by Gasteiger charge is -2.35. The van der Waals surface area contributed by atoms with E-state index in [1.165, 1.54) is 32.2 Å². The molecule has 1 saturated heterocycles. The molecular weight excluding hydrogens is 358 g/mol. The lowest BCUT2D eigenvalue weighted by atomic mass is 10.00. The first-order valence-electron chi connectivity index (χ1n) is 8.94. The molecular formula is C19H28ClNO5. The molecule has 1 heterocycles. The Bertz CT molecular complexity index is 581. The van der Waals surface area contributed by atoms with Gasteiger partial charge >= 0.3 is 11.9 Å². The summed E-state index contributed by atoms with van der Waals surface area (Å²) in [5.74, 6) is -2.69. The number of halogens is 1. The first-order valence-corrected chi connectivity index (χ1v) is 9.32. The summed E-state index contributed by atoms with van der Waals surface area (Å²) in [6.07, 6.45) is 6.49. The van der Waals surface area contributed by atoms with Gasteiger partial charge in [0.1, 0.15) is 5.75 Å². The Morgan fingerprint density at radius 2 is 1.96 bits per heavy atom. The summed E-state index contributed by atoms with van der Waals surface area (Å²) in [4.78, 5) is 20.8. The van der Waals surface area contributed by atoms with Crippen molar-refractivity contribution in [2.24, 2.45) is 0 Å². The highest BCUT2D eigenvalue weighted by Crippen LogP contribution is 2.22. The molecule has 1 aromatic rings. The van der Waals surface area contributed by atoms with Gasteiger partial charge in [0.15, 0.2) is 0 Å². The molecule has 1 aliphatic heterocycles. The number of carboxylic acid groups (broad SMARTS) is 2. The van der Waals surface area contributed by atoms with E-state index >= 15 is 0 Å². The van der Waals surface area contributed by atoms with E-state index in [1.807, 2.05) is 25.1 Å². The van der Waals surface area contributed by atoms with Crippen molar-refractivity contribution in [3.05, 3.63) is 28.8 Å². The number of carbonyl (C=O) groups is 2. The molecule has 7 heteroatoms. The van der Waals surface area contributed by atoms with Crippen LogP contribution in [0.5, 0.6) is 5.75 Å². The SMILES string of the molecule is CCC1CCCCN1CCCOc1ccc(Cl)cc1C.O=C(O)C(=O)O. The van der Waals surface area contributed by atoms with E-state index in [-0.39, 0.29) is 0 Å². The predicted octanol–water partition coefficient (Wildman–Crippen LogP) is 3.84. The molecule has 0 aliphatic carbocycles. The number of ether oxygens (including phenoxy) is 1. The number of hydrogen-bond donors (Lipinski definition) is 2. The number of likely N-dealkylation sites (tertiary alicyclic amines) is 1. The number of aryl methyl sites for hydroxylation is 1. The summed E-state index contributed by atoms with van der Waals surface area (Å²) in [6.45, 7) is 7.55. The van der Waals surface area contributed by atoms with Gasteiger partial charge in [-0.1, -0.05) is 24.9 Å². The fraction of sp³-hybridized carbons (Fsp3) is 0.579. The number of nitrogens with zero attached hydrogens (tertiary/aromatic N) is 1. The Kier molecular flexibility index (Phi) is 10.1. The first kappa shape index (κ1) is 22.3. The highest BCUT2D eigenvalue weighted by atomic mass is 35.5. The Hall–Kier alpha value is -1.79. The lowest BCUT2D eigenvalue weighted by Crippen LogP contribution is -2.40. The maximum absolute atomic E-state index is 9.10. The highest BCUT2D eigenvalue weighted by molar-refractivity contribution is 6.30. The summed E-state index contributed by atoms with van der Waals surface area (Å²) in [7, 11) is 0. The minimum absolute atomic E-state index is 0.772. The molecule has 2 rings (SSSR count). The van der Waals surface area contributed by atoms with Crippen LogP contribution in [-0.4, -0.2) is 52.8 Å². The van der Waals surface area contributed by atoms with Crippen LogP contribution in [0.3, 0.4) is 0 Å². The predicted molar refractivity (Wildman–Crippen MR) is 101 cm³/mol. The maximum Gasteiger partial charge on any atom is 0.414 e. The Labute approximate surface area is 159 Å². The normalized spacial score (nSPS) is 17.1. The molecule has 146 valence electrons.